The lowest BCUT2D eigenvalue weighted by Crippen LogP contribution is -2.43. The normalized spacial score (nSPS) is 17.8. The minimum absolute atomic E-state index is 0.156. The van der Waals surface area contributed by atoms with Gasteiger partial charge in [0.2, 0.25) is 0 Å². The molecule has 0 N–H and O–H groups in total. The summed E-state index contributed by atoms with van der Waals surface area (Å²) in [7, 11) is 0. The summed E-state index contributed by atoms with van der Waals surface area (Å²) in [4.78, 5) is 2.20. The molecule has 0 aromatic rings. The van der Waals surface area contributed by atoms with Gasteiger partial charge in [-0.1, -0.05) is 22.4 Å². The lowest BCUT2D eigenvalue weighted by molar-refractivity contribution is -0.175. The number of hydrogen-bond acceptors (Lipinski definition) is 2. The Hall–Kier alpha value is 0.190. The summed E-state index contributed by atoms with van der Waals surface area (Å²) >= 11 is 3.35. The van der Waals surface area contributed by atoms with Crippen molar-refractivity contribution < 1.29 is 17.9 Å². The van der Waals surface area contributed by atoms with E-state index in [0.29, 0.717) is 12.6 Å². The van der Waals surface area contributed by atoms with E-state index in [1.165, 1.54) is 6.42 Å². The van der Waals surface area contributed by atoms with Crippen LogP contribution in [0.4, 0.5) is 13.2 Å². The average Bonchev–Trinajstić information content (AvgIpc) is 2.08. The Bertz CT molecular complexity index is 197. The van der Waals surface area contributed by atoms with Crippen LogP contribution in [0.25, 0.3) is 0 Å². The van der Waals surface area contributed by atoms with Gasteiger partial charge in [0.1, 0.15) is 6.61 Å². The SMILES string of the molecule is FC(F)(F)COCCN(CCBr)C1CCC1. The highest BCUT2D eigenvalue weighted by molar-refractivity contribution is 9.09. The van der Waals surface area contributed by atoms with Gasteiger partial charge in [0, 0.05) is 24.5 Å². The van der Waals surface area contributed by atoms with Crippen molar-refractivity contribution in [2.45, 2.75) is 31.5 Å². The molecule has 0 amide bonds. The Labute approximate surface area is 102 Å². The molecule has 96 valence electrons. The number of hydrogen-bond donors (Lipinski definition) is 0. The smallest absolute Gasteiger partial charge is 0.371 e. The van der Waals surface area contributed by atoms with E-state index in [2.05, 4.69) is 25.6 Å². The van der Waals surface area contributed by atoms with Gasteiger partial charge in [-0.05, 0) is 12.8 Å². The first-order valence-corrected chi connectivity index (χ1v) is 6.59. The molecule has 6 heteroatoms. The summed E-state index contributed by atoms with van der Waals surface area (Å²) < 4.78 is 40.1. The van der Waals surface area contributed by atoms with Gasteiger partial charge in [0.25, 0.3) is 0 Å². The van der Waals surface area contributed by atoms with E-state index in [4.69, 9.17) is 0 Å². The summed E-state index contributed by atoms with van der Waals surface area (Å²) in [6.07, 6.45) is -0.665. The molecule has 0 radical (unpaired) electrons. The van der Waals surface area contributed by atoms with Gasteiger partial charge >= 0.3 is 6.18 Å². The molecule has 1 aliphatic rings. The second kappa shape index (κ2) is 6.81. The number of nitrogens with zero attached hydrogens (tertiary/aromatic N) is 1. The third-order valence-corrected chi connectivity index (χ3v) is 3.11. The summed E-state index contributed by atoms with van der Waals surface area (Å²) in [5.74, 6) is 0. The fourth-order valence-electron chi connectivity index (χ4n) is 1.71. The second-order valence-electron chi connectivity index (χ2n) is 3.98. The maximum atomic E-state index is 11.8. The number of halogens is 4. The molecule has 16 heavy (non-hydrogen) atoms. The van der Waals surface area contributed by atoms with Crippen molar-refractivity contribution in [2.75, 3.05) is 31.6 Å². The Morgan fingerprint density at radius 3 is 2.38 bits per heavy atom. The van der Waals surface area contributed by atoms with Crippen LogP contribution in [0.15, 0.2) is 0 Å². The minimum Gasteiger partial charge on any atom is -0.371 e. The van der Waals surface area contributed by atoms with Crippen molar-refractivity contribution in [1.29, 1.82) is 0 Å². The highest BCUT2D eigenvalue weighted by atomic mass is 79.9. The van der Waals surface area contributed by atoms with Gasteiger partial charge in [-0.3, -0.25) is 4.90 Å². The molecule has 0 aromatic carbocycles. The van der Waals surface area contributed by atoms with E-state index in [-0.39, 0.29) is 6.61 Å². The summed E-state index contributed by atoms with van der Waals surface area (Å²) in [5.41, 5.74) is 0. The maximum Gasteiger partial charge on any atom is 0.411 e. The largest absolute Gasteiger partial charge is 0.411 e. The van der Waals surface area contributed by atoms with Crippen molar-refractivity contribution in [3.05, 3.63) is 0 Å². The number of alkyl halides is 4. The average molecular weight is 304 g/mol. The van der Waals surface area contributed by atoms with Crippen LogP contribution in [0.1, 0.15) is 19.3 Å². The molecule has 0 atom stereocenters. The molecule has 0 heterocycles. The third-order valence-electron chi connectivity index (χ3n) is 2.75. The lowest BCUT2D eigenvalue weighted by Gasteiger charge is -2.37. The van der Waals surface area contributed by atoms with Crippen LogP contribution >= 0.6 is 15.9 Å². The molecule has 1 rings (SSSR count). The van der Waals surface area contributed by atoms with Gasteiger partial charge < -0.3 is 4.74 Å². The highest BCUT2D eigenvalue weighted by Crippen LogP contribution is 2.24. The third kappa shape index (κ3) is 5.50. The Morgan fingerprint density at radius 2 is 1.94 bits per heavy atom. The Balaban J connectivity index is 2.12. The highest BCUT2D eigenvalue weighted by Gasteiger charge is 2.28. The van der Waals surface area contributed by atoms with Crippen LogP contribution in [0.5, 0.6) is 0 Å². The molecule has 0 saturated heterocycles. The molecule has 0 spiro atoms. The molecule has 1 fully saturated rings. The molecule has 0 aliphatic heterocycles. The van der Waals surface area contributed by atoms with Crippen LogP contribution in [-0.2, 0) is 4.74 Å². The standard InChI is InChI=1S/C10H17BrF3NO/c11-4-5-15(9-2-1-3-9)6-7-16-8-10(12,13)14/h9H,1-8H2. The molecule has 0 unspecified atom stereocenters. The van der Waals surface area contributed by atoms with Crippen LogP contribution in [-0.4, -0.2) is 48.8 Å². The molecule has 2 nitrogen and oxygen atoms in total. The van der Waals surface area contributed by atoms with Gasteiger partial charge in [-0.2, -0.15) is 13.2 Å². The molecule has 0 bridgehead atoms. The molecule has 1 saturated carbocycles. The van der Waals surface area contributed by atoms with E-state index >= 15 is 0 Å². The molecular formula is C10H17BrF3NO. The number of rotatable bonds is 7. The number of ether oxygens (including phenoxy) is 1. The first kappa shape index (κ1) is 14.3. The Kier molecular flexibility index (Phi) is 6.07. The van der Waals surface area contributed by atoms with Crippen LogP contribution in [0.3, 0.4) is 0 Å². The first-order valence-electron chi connectivity index (χ1n) is 5.47. The van der Waals surface area contributed by atoms with E-state index in [0.717, 1.165) is 24.7 Å². The van der Waals surface area contributed by atoms with Gasteiger partial charge in [0.05, 0.1) is 6.61 Å². The van der Waals surface area contributed by atoms with Gasteiger partial charge in [-0.15, -0.1) is 0 Å². The Morgan fingerprint density at radius 1 is 1.25 bits per heavy atom. The van der Waals surface area contributed by atoms with E-state index in [1.807, 2.05) is 0 Å². The predicted octanol–water partition coefficient (Wildman–Crippen LogP) is 2.81. The zero-order chi connectivity index (χ0) is 12.0. The molecule has 1 aliphatic carbocycles. The van der Waals surface area contributed by atoms with Crippen molar-refractivity contribution in [3.63, 3.8) is 0 Å². The molecular weight excluding hydrogens is 287 g/mol. The van der Waals surface area contributed by atoms with Crippen molar-refractivity contribution in [1.82, 2.24) is 4.90 Å². The summed E-state index contributed by atoms with van der Waals surface area (Å²) in [6, 6.07) is 0.548. The van der Waals surface area contributed by atoms with Crippen molar-refractivity contribution >= 4 is 15.9 Å². The van der Waals surface area contributed by atoms with E-state index in [1.54, 1.807) is 0 Å². The van der Waals surface area contributed by atoms with E-state index in [9.17, 15) is 13.2 Å². The molecule has 0 aromatic heterocycles. The lowest BCUT2D eigenvalue weighted by atomic mass is 9.91. The monoisotopic (exact) mass is 303 g/mol. The summed E-state index contributed by atoms with van der Waals surface area (Å²) in [5, 5.41) is 0.850. The fraction of sp³-hybridized carbons (Fsp3) is 1.00. The zero-order valence-electron chi connectivity index (χ0n) is 9.10. The second-order valence-corrected chi connectivity index (χ2v) is 4.77. The van der Waals surface area contributed by atoms with Crippen LogP contribution < -0.4 is 0 Å². The van der Waals surface area contributed by atoms with Gasteiger partial charge in [-0.25, -0.2) is 0 Å². The zero-order valence-corrected chi connectivity index (χ0v) is 10.7. The first-order chi connectivity index (χ1) is 7.53. The van der Waals surface area contributed by atoms with Crippen LogP contribution in [0, 0.1) is 0 Å². The minimum atomic E-state index is -4.21. The van der Waals surface area contributed by atoms with Crippen molar-refractivity contribution in [3.8, 4) is 0 Å². The van der Waals surface area contributed by atoms with Crippen molar-refractivity contribution in [2.24, 2.45) is 0 Å². The quantitative estimate of drug-likeness (QED) is 0.530. The van der Waals surface area contributed by atoms with E-state index < -0.39 is 12.8 Å². The van der Waals surface area contributed by atoms with Crippen LogP contribution in [0.2, 0.25) is 0 Å². The predicted molar refractivity (Wildman–Crippen MR) is 59.9 cm³/mol. The topological polar surface area (TPSA) is 12.5 Å². The summed E-state index contributed by atoms with van der Waals surface area (Å²) in [6.45, 7) is 0.481. The fourth-order valence-corrected chi connectivity index (χ4v) is 2.16. The maximum absolute atomic E-state index is 11.8. The van der Waals surface area contributed by atoms with Gasteiger partial charge in [0.15, 0.2) is 0 Å².